The van der Waals surface area contributed by atoms with Crippen LogP contribution in [0.3, 0.4) is 0 Å². The first kappa shape index (κ1) is 14.9. The van der Waals surface area contributed by atoms with Crippen LogP contribution in [-0.4, -0.2) is 24.0 Å². The predicted octanol–water partition coefficient (Wildman–Crippen LogP) is 1.67. The maximum Gasteiger partial charge on any atom is 0.273 e. The van der Waals surface area contributed by atoms with Gasteiger partial charge in [0.1, 0.15) is 5.75 Å². The molecule has 0 aliphatic carbocycles. The summed E-state index contributed by atoms with van der Waals surface area (Å²) in [5, 5.41) is 13.2. The number of benzene rings is 1. The highest BCUT2D eigenvalue weighted by Gasteiger charge is 2.16. The van der Waals surface area contributed by atoms with Gasteiger partial charge in [0.05, 0.1) is 29.8 Å². The standard InChI is InChI=1S/C12H17N3O4/c1-3-4-9(13)12(16)14-10-6-5-8(15(17)18)7-11(10)19-2/h5-7,9H,3-4,13H2,1-2H3,(H,14,16). The van der Waals surface area contributed by atoms with Crippen LogP contribution in [0, 0.1) is 10.1 Å². The summed E-state index contributed by atoms with van der Waals surface area (Å²) in [6, 6.07) is 3.36. The van der Waals surface area contributed by atoms with Crippen molar-refractivity contribution in [1.29, 1.82) is 0 Å². The number of carbonyl (C=O) groups is 1. The molecular formula is C12H17N3O4. The molecule has 1 rings (SSSR count). The first-order valence-electron chi connectivity index (χ1n) is 5.88. The van der Waals surface area contributed by atoms with Crippen LogP contribution in [0.2, 0.25) is 0 Å². The van der Waals surface area contributed by atoms with Crippen LogP contribution < -0.4 is 15.8 Å². The lowest BCUT2D eigenvalue weighted by Crippen LogP contribution is -2.35. The first-order chi connectivity index (χ1) is 8.99. The molecule has 1 unspecified atom stereocenters. The number of methoxy groups -OCH3 is 1. The van der Waals surface area contributed by atoms with Crippen LogP contribution >= 0.6 is 0 Å². The minimum absolute atomic E-state index is 0.104. The largest absolute Gasteiger partial charge is 0.494 e. The number of nitrogens with two attached hydrogens (primary N) is 1. The molecule has 0 bridgehead atoms. The SMILES string of the molecule is CCCC(N)C(=O)Nc1ccc([N+](=O)[O-])cc1OC. The van der Waals surface area contributed by atoms with Crippen LogP contribution in [0.1, 0.15) is 19.8 Å². The molecule has 7 heteroatoms. The van der Waals surface area contributed by atoms with Crippen molar-refractivity contribution in [3.63, 3.8) is 0 Å². The van der Waals surface area contributed by atoms with E-state index in [1.807, 2.05) is 6.92 Å². The Morgan fingerprint density at radius 2 is 2.26 bits per heavy atom. The van der Waals surface area contributed by atoms with E-state index in [1.165, 1.54) is 25.3 Å². The van der Waals surface area contributed by atoms with Gasteiger partial charge in [0.2, 0.25) is 5.91 Å². The molecule has 0 aliphatic rings. The van der Waals surface area contributed by atoms with E-state index in [2.05, 4.69) is 5.32 Å². The number of rotatable bonds is 6. The molecule has 0 radical (unpaired) electrons. The third-order valence-electron chi connectivity index (χ3n) is 2.59. The first-order valence-corrected chi connectivity index (χ1v) is 5.88. The fraction of sp³-hybridized carbons (Fsp3) is 0.417. The zero-order valence-electron chi connectivity index (χ0n) is 10.9. The summed E-state index contributed by atoms with van der Waals surface area (Å²) >= 11 is 0. The van der Waals surface area contributed by atoms with Gasteiger partial charge in [0.25, 0.3) is 5.69 Å². The van der Waals surface area contributed by atoms with Gasteiger partial charge in [-0.15, -0.1) is 0 Å². The molecule has 0 saturated heterocycles. The number of non-ortho nitro benzene ring substituents is 1. The zero-order valence-corrected chi connectivity index (χ0v) is 10.9. The number of amides is 1. The highest BCUT2D eigenvalue weighted by molar-refractivity contribution is 5.96. The van der Waals surface area contributed by atoms with Gasteiger partial charge < -0.3 is 15.8 Å². The van der Waals surface area contributed by atoms with E-state index in [-0.39, 0.29) is 17.3 Å². The number of nitro benzene ring substituents is 1. The highest BCUT2D eigenvalue weighted by Crippen LogP contribution is 2.29. The molecule has 0 saturated carbocycles. The Kier molecular flexibility index (Phi) is 5.25. The average Bonchev–Trinajstić information content (AvgIpc) is 2.39. The van der Waals surface area contributed by atoms with Crippen LogP contribution in [0.4, 0.5) is 11.4 Å². The van der Waals surface area contributed by atoms with Gasteiger partial charge >= 0.3 is 0 Å². The second-order valence-corrected chi connectivity index (χ2v) is 4.03. The van der Waals surface area contributed by atoms with E-state index < -0.39 is 11.0 Å². The molecule has 3 N–H and O–H groups in total. The number of carbonyl (C=O) groups excluding carboxylic acids is 1. The summed E-state index contributed by atoms with van der Waals surface area (Å²) in [4.78, 5) is 21.9. The minimum Gasteiger partial charge on any atom is -0.494 e. The highest BCUT2D eigenvalue weighted by atomic mass is 16.6. The fourth-order valence-corrected chi connectivity index (χ4v) is 1.56. The number of hydrogen-bond donors (Lipinski definition) is 2. The van der Waals surface area contributed by atoms with E-state index in [0.29, 0.717) is 12.1 Å². The summed E-state index contributed by atoms with van der Waals surface area (Å²) < 4.78 is 5.02. The molecule has 1 amide bonds. The molecule has 104 valence electrons. The number of ether oxygens (including phenoxy) is 1. The van der Waals surface area contributed by atoms with E-state index in [1.54, 1.807) is 0 Å². The molecule has 1 aromatic carbocycles. The van der Waals surface area contributed by atoms with Gasteiger partial charge in [0.15, 0.2) is 0 Å². The van der Waals surface area contributed by atoms with Crippen LogP contribution in [0.5, 0.6) is 5.75 Å². The molecule has 1 aromatic rings. The monoisotopic (exact) mass is 267 g/mol. The molecule has 0 aliphatic heterocycles. The molecular weight excluding hydrogens is 250 g/mol. The zero-order chi connectivity index (χ0) is 14.4. The normalized spacial score (nSPS) is 11.7. The molecule has 19 heavy (non-hydrogen) atoms. The Balaban J connectivity index is 2.89. The fourth-order valence-electron chi connectivity index (χ4n) is 1.56. The smallest absolute Gasteiger partial charge is 0.273 e. The van der Waals surface area contributed by atoms with Crippen LogP contribution in [0.25, 0.3) is 0 Å². The Bertz CT molecular complexity index is 476. The van der Waals surface area contributed by atoms with Crippen LogP contribution in [-0.2, 0) is 4.79 Å². The second kappa shape index (κ2) is 6.69. The second-order valence-electron chi connectivity index (χ2n) is 4.03. The van der Waals surface area contributed by atoms with Gasteiger partial charge in [-0.3, -0.25) is 14.9 Å². The molecule has 0 spiro atoms. The Labute approximate surface area is 110 Å². The summed E-state index contributed by atoms with van der Waals surface area (Å²) in [5.41, 5.74) is 5.95. The summed E-state index contributed by atoms with van der Waals surface area (Å²) in [6.07, 6.45) is 1.37. The van der Waals surface area contributed by atoms with Crippen molar-refractivity contribution in [3.8, 4) is 5.75 Å². The van der Waals surface area contributed by atoms with E-state index in [9.17, 15) is 14.9 Å². The molecule has 0 aromatic heterocycles. The number of nitrogens with zero attached hydrogens (tertiary/aromatic N) is 1. The van der Waals surface area contributed by atoms with E-state index >= 15 is 0 Å². The lowest BCUT2D eigenvalue weighted by molar-refractivity contribution is -0.384. The number of nitrogens with one attached hydrogen (secondary N) is 1. The predicted molar refractivity (Wildman–Crippen MR) is 71.2 cm³/mol. The van der Waals surface area contributed by atoms with Gasteiger partial charge in [-0.05, 0) is 12.5 Å². The average molecular weight is 267 g/mol. The van der Waals surface area contributed by atoms with Crippen molar-refractivity contribution in [1.82, 2.24) is 0 Å². The Morgan fingerprint density at radius 3 is 2.79 bits per heavy atom. The third-order valence-corrected chi connectivity index (χ3v) is 2.59. The number of nitro groups is 1. The lowest BCUT2D eigenvalue weighted by Gasteiger charge is -2.13. The summed E-state index contributed by atoms with van der Waals surface area (Å²) in [5.74, 6) is -0.111. The van der Waals surface area contributed by atoms with Gasteiger partial charge in [0, 0.05) is 6.07 Å². The maximum absolute atomic E-state index is 11.8. The Morgan fingerprint density at radius 1 is 1.58 bits per heavy atom. The van der Waals surface area contributed by atoms with Gasteiger partial charge in [-0.25, -0.2) is 0 Å². The molecule has 0 heterocycles. The van der Waals surface area contributed by atoms with Crippen molar-refractivity contribution < 1.29 is 14.5 Å². The van der Waals surface area contributed by atoms with Gasteiger partial charge in [-0.2, -0.15) is 0 Å². The van der Waals surface area contributed by atoms with Crippen molar-refractivity contribution in [2.45, 2.75) is 25.8 Å². The van der Waals surface area contributed by atoms with Crippen molar-refractivity contribution in [3.05, 3.63) is 28.3 Å². The number of hydrogen-bond acceptors (Lipinski definition) is 5. The lowest BCUT2D eigenvalue weighted by atomic mass is 10.1. The molecule has 0 fully saturated rings. The van der Waals surface area contributed by atoms with Crippen molar-refractivity contribution in [2.75, 3.05) is 12.4 Å². The van der Waals surface area contributed by atoms with Crippen molar-refractivity contribution in [2.24, 2.45) is 5.73 Å². The van der Waals surface area contributed by atoms with E-state index in [4.69, 9.17) is 10.5 Å². The third kappa shape index (κ3) is 3.92. The summed E-state index contributed by atoms with van der Waals surface area (Å²) in [6.45, 7) is 1.93. The van der Waals surface area contributed by atoms with E-state index in [0.717, 1.165) is 6.42 Å². The van der Waals surface area contributed by atoms with Gasteiger partial charge in [-0.1, -0.05) is 13.3 Å². The summed E-state index contributed by atoms with van der Waals surface area (Å²) in [7, 11) is 1.38. The quantitative estimate of drug-likeness (QED) is 0.602. The van der Waals surface area contributed by atoms with Crippen molar-refractivity contribution >= 4 is 17.3 Å². The van der Waals surface area contributed by atoms with Crippen LogP contribution in [0.15, 0.2) is 18.2 Å². The Hall–Kier alpha value is -2.15. The molecule has 7 nitrogen and oxygen atoms in total. The topological polar surface area (TPSA) is 107 Å². The maximum atomic E-state index is 11.8. The molecule has 1 atom stereocenters. The number of anilines is 1. The minimum atomic E-state index is -0.607.